The van der Waals surface area contributed by atoms with Crippen LogP contribution in [0, 0.1) is 5.82 Å². The molecule has 0 bridgehead atoms. The summed E-state index contributed by atoms with van der Waals surface area (Å²) in [5.41, 5.74) is 0.283. The molecule has 0 saturated heterocycles. The van der Waals surface area contributed by atoms with E-state index < -0.39 is 30.8 Å². The lowest BCUT2D eigenvalue weighted by molar-refractivity contribution is -0.166. The number of rotatable bonds is 8. The third kappa shape index (κ3) is 5.76. The minimum atomic E-state index is -4.19. The van der Waals surface area contributed by atoms with Crippen LogP contribution >= 0.6 is 11.6 Å². The van der Waals surface area contributed by atoms with Crippen LogP contribution < -0.4 is 5.32 Å². The molecule has 0 heterocycles. The predicted molar refractivity (Wildman–Crippen MR) is 69.7 cm³/mol. The molecule has 1 N–H and O–H groups in total. The van der Waals surface area contributed by atoms with Gasteiger partial charge in [-0.15, -0.1) is 0 Å². The van der Waals surface area contributed by atoms with E-state index in [1.54, 1.807) is 0 Å². The highest BCUT2D eigenvalue weighted by Crippen LogP contribution is 2.23. The average Bonchev–Trinajstić information content (AvgIpc) is 2.41. The Balaban J connectivity index is 2.54. The van der Waals surface area contributed by atoms with E-state index in [1.807, 2.05) is 0 Å². The Morgan fingerprint density at radius 1 is 1.33 bits per heavy atom. The van der Waals surface area contributed by atoms with Crippen LogP contribution in [0.4, 0.5) is 22.0 Å². The Hall–Kier alpha value is -0.920. The van der Waals surface area contributed by atoms with Crippen LogP contribution in [0.3, 0.4) is 0 Å². The van der Waals surface area contributed by atoms with Crippen molar-refractivity contribution in [3.05, 3.63) is 34.6 Å². The first kappa shape index (κ1) is 18.1. The van der Waals surface area contributed by atoms with Gasteiger partial charge in [0.15, 0.2) is 0 Å². The Bertz CT molecular complexity index is 458. The minimum Gasteiger partial charge on any atom is -0.373 e. The summed E-state index contributed by atoms with van der Waals surface area (Å²) in [5, 5.41) is 3.08. The average molecular weight is 332 g/mol. The largest absolute Gasteiger partial charge is 0.373 e. The molecule has 21 heavy (non-hydrogen) atoms. The van der Waals surface area contributed by atoms with Crippen molar-refractivity contribution in [2.75, 3.05) is 20.3 Å². The minimum absolute atomic E-state index is 0.128. The number of hydrogen-bond acceptors (Lipinski definition) is 2. The molecule has 0 amide bonds. The molecule has 0 aliphatic rings. The zero-order chi connectivity index (χ0) is 16.0. The number of halogens is 6. The molecule has 0 saturated carbocycles. The van der Waals surface area contributed by atoms with Gasteiger partial charge in [-0.1, -0.05) is 11.6 Å². The van der Waals surface area contributed by atoms with E-state index in [4.69, 9.17) is 11.6 Å². The Morgan fingerprint density at radius 3 is 2.57 bits per heavy atom. The van der Waals surface area contributed by atoms with Crippen molar-refractivity contribution in [3.8, 4) is 0 Å². The highest BCUT2D eigenvalue weighted by atomic mass is 35.5. The monoisotopic (exact) mass is 331 g/mol. The smallest absolute Gasteiger partial charge is 0.330 e. The van der Waals surface area contributed by atoms with Crippen molar-refractivity contribution in [2.45, 2.75) is 24.8 Å². The molecule has 1 atom stereocenters. The highest BCUT2D eigenvalue weighted by Gasteiger charge is 2.41. The fourth-order valence-electron chi connectivity index (χ4n) is 1.61. The number of nitrogens with one attached hydrogen (secondary N) is 1. The van der Waals surface area contributed by atoms with Gasteiger partial charge >= 0.3 is 12.3 Å². The molecule has 1 rings (SSSR count). The second-order valence-electron chi connectivity index (χ2n) is 4.50. The summed E-state index contributed by atoms with van der Waals surface area (Å²) in [5.74, 6) is -4.68. The molecule has 0 aliphatic carbocycles. The molecular weight excluding hydrogens is 317 g/mol. The number of ether oxygens (including phenoxy) is 1. The van der Waals surface area contributed by atoms with Crippen LogP contribution in [0.25, 0.3) is 0 Å². The van der Waals surface area contributed by atoms with Crippen LogP contribution in [0.15, 0.2) is 18.2 Å². The summed E-state index contributed by atoms with van der Waals surface area (Å²) in [6.45, 7) is -1.65. The van der Waals surface area contributed by atoms with Gasteiger partial charge in [-0.25, -0.2) is 13.2 Å². The van der Waals surface area contributed by atoms with E-state index in [0.717, 1.165) is 0 Å². The van der Waals surface area contributed by atoms with E-state index >= 15 is 0 Å². The van der Waals surface area contributed by atoms with Gasteiger partial charge in [0.25, 0.3) is 0 Å². The first-order valence-corrected chi connectivity index (χ1v) is 6.49. The van der Waals surface area contributed by atoms with Crippen LogP contribution in [-0.2, 0) is 11.2 Å². The third-order valence-corrected chi connectivity index (χ3v) is 3.05. The Labute approximate surface area is 124 Å². The molecule has 0 radical (unpaired) electrons. The topological polar surface area (TPSA) is 21.3 Å². The van der Waals surface area contributed by atoms with Gasteiger partial charge in [-0.3, -0.25) is 0 Å². The Morgan fingerprint density at radius 2 is 2.00 bits per heavy atom. The van der Waals surface area contributed by atoms with Crippen molar-refractivity contribution in [2.24, 2.45) is 0 Å². The lowest BCUT2D eigenvalue weighted by atomic mass is 10.1. The first-order chi connectivity index (χ1) is 9.76. The maximum Gasteiger partial charge on any atom is 0.330 e. The van der Waals surface area contributed by atoms with Crippen molar-refractivity contribution in [1.82, 2.24) is 5.32 Å². The van der Waals surface area contributed by atoms with Gasteiger partial charge in [0.1, 0.15) is 12.4 Å². The van der Waals surface area contributed by atoms with Crippen LogP contribution in [0.1, 0.15) is 5.56 Å². The second-order valence-corrected chi connectivity index (χ2v) is 4.94. The zero-order valence-electron chi connectivity index (χ0n) is 11.2. The summed E-state index contributed by atoms with van der Waals surface area (Å²) in [6.07, 6.45) is -3.65. The van der Waals surface area contributed by atoms with E-state index in [2.05, 4.69) is 10.1 Å². The van der Waals surface area contributed by atoms with Crippen LogP contribution in [0.2, 0.25) is 5.02 Å². The summed E-state index contributed by atoms with van der Waals surface area (Å²) in [4.78, 5) is 0. The Kier molecular flexibility index (Phi) is 6.83. The molecule has 0 fully saturated rings. The van der Waals surface area contributed by atoms with Crippen molar-refractivity contribution in [1.29, 1.82) is 0 Å². The number of benzene rings is 1. The van der Waals surface area contributed by atoms with E-state index in [-0.39, 0.29) is 18.6 Å². The molecule has 0 aromatic heterocycles. The second kappa shape index (κ2) is 7.91. The third-order valence-electron chi connectivity index (χ3n) is 2.82. The maximum atomic E-state index is 13.5. The maximum absolute atomic E-state index is 13.5. The van der Waals surface area contributed by atoms with Crippen molar-refractivity contribution in [3.63, 3.8) is 0 Å². The van der Waals surface area contributed by atoms with E-state index in [9.17, 15) is 22.0 Å². The fourth-order valence-corrected chi connectivity index (χ4v) is 1.80. The number of alkyl halides is 4. The highest BCUT2D eigenvalue weighted by molar-refractivity contribution is 6.30. The molecule has 8 heteroatoms. The summed E-state index contributed by atoms with van der Waals surface area (Å²) < 4.78 is 67.4. The van der Waals surface area contributed by atoms with Crippen LogP contribution in [0.5, 0.6) is 0 Å². The summed E-state index contributed by atoms with van der Waals surface area (Å²) in [7, 11) is 1.53. The van der Waals surface area contributed by atoms with Crippen molar-refractivity contribution < 1.29 is 26.7 Å². The molecule has 1 aromatic rings. The van der Waals surface area contributed by atoms with E-state index in [1.165, 1.54) is 25.2 Å². The van der Waals surface area contributed by atoms with Gasteiger partial charge in [-0.05, 0) is 37.2 Å². The van der Waals surface area contributed by atoms with Gasteiger partial charge in [-0.2, -0.15) is 8.78 Å². The predicted octanol–water partition coefficient (Wildman–Crippen LogP) is 3.53. The quantitative estimate of drug-likeness (QED) is 0.736. The van der Waals surface area contributed by atoms with Crippen molar-refractivity contribution >= 4 is 11.6 Å². The van der Waals surface area contributed by atoms with Gasteiger partial charge in [0.2, 0.25) is 0 Å². The molecule has 0 aliphatic heterocycles. The van der Waals surface area contributed by atoms with Gasteiger partial charge in [0.05, 0.1) is 6.61 Å². The molecular formula is C13H15ClF5NO. The number of likely N-dealkylation sites (N-methyl/N-ethyl adjacent to an activating group) is 1. The molecule has 120 valence electrons. The van der Waals surface area contributed by atoms with Gasteiger partial charge in [0, 0.05) is 11.1 Å². The fraction of sp³-hybridized carbons (Fsp3) is 0.538. The molecule has 1 aromatic carbocycles. The van der Waals surface area contributed by atoms with Gasteiger partial charge < -0.3 is 10.1 Å². The lowest BCUT2D eigenvalue weighted by Crippen LogP contribution is -2.37. The standard InChI is InChI=1S/C13H15ClF5NO/c1-20-10(6-21-7-13(18,19)12(16)17)5-8-4-9(14)2-3-11(8)15/h2-4,10,12,20H,5-7H2,1H3. The summed E-state index contributed by atoms with van der Waals surface area (Å²) >= 11 is 5.74. The lowest BCUT2D eigenvalue weighted by Gasteiger charge is -2.20. The zero-order valence-corrected chi connectivity index (χ0v) is 11.9. The molecule has 1 unspecified atom stereocenters. The first-order valence-electron chi connectivity index (χ1n) is 6.11. The molecule has 0 spiro atoms. The van der Waals surface area contributed by atoms with Crippen LogP contribution in [-0.4, -0.2) is 38.7 Å². The summed E-state index contributed by atoms with van der Waals surface area (Å²) in [6, 6.07) is 3.48. The van der Waals surface area contributed by atoms with E-state index in [0.29, 0.717) is 5.02 Å². The normalized spacial score (nSPS) is 13.7. The molecule has 2 nitrogen and oxygen atoms in total. The SMILES string of the molecule is CNC(COCC(F)(F)C(F)F)Cc1cc(Cl)ccc1F. The number of hydrogen-bond donors (Lipinski definition) is 1.